The summed E-state index contributed by atoms with van der Waals surface area (Å²) in [6.07, 6.45) is 22.6. The van der Waals surface area contributed by atoms with Gasteiger partial charge >= 0.3 is 0 Å². The summed E-state index contributed by atoms with van der Waals surface area (Å²) in [4.78, 5) is 0. The van der Waals surface area contributed by atoms with E-state index in [4.69, 9.17) is 0 Å². The molecule has 3 fully saturated rings. The molecule has 0 bridgehead atoms. The molecule has 3 saturated carbocycles. The number of hydrogen-bond donors (Lipinski definition) is 0. The largest absolute Gasteiger partial charge is 1.00 e. The van der Waals surface area contributed by atoms with Gasteiger partial charge < -0.3 is 24.0 Å². The third kappa shape index (κ3) is 4.58. The summed E-state index contributed by atoms with van der Waals surface area (Å²) in [5.41, 5.74) is 4.57. The van der Waals surface area contributed by atoms with Crippen molar-refractivity contribution in [2.24, 2.45) is 0 Å². The summed E-state index contributed by atoms with van der Waals surface area (Å²) >= 11 is 0. The Kier molecular flexibility index (Phi) is 8.97. The lowest BCUT2D eigenvalue weighted by molar-refractivity contribution is -0.00000560. The minimum atomic E-state index is -1.20. The molecule has 0 spiro atoms. The van der Waals surface area contributed by atoms with Crippen LogP contribution in [0, 0.1) is 0 Å². The molecule has 0 saturated heterocycles. The monoisotopic (exact) mass is 513 g/mol. The van der Waals surface area contributed by atoms with Crippen molar-refractivity contribution in [2.45, 2.75) is 113 Å². The van der Waals surface area contributed by atoms with Gasteiger partial charge in [-0.25, -0.2) is 0 Å². The van der Waals surface area contributed by atoms with Crippen molar-refractivity contribution < 1.29 is 24.0 Å². The van der Waals surface area contributed by atoms with Crippen LogP contribution >= 0.6 is 7.41 Å². The second-order valence-corrected chi connectivity index (χ2v) is 13.9. The summed E-state index contributed by atoms with van der Waals surface area (Å²) in [6.45, 7) is 0. The fraction of sp³-hybridized carbons (Fsp3) is 0.760. The smallest absolute Gasteiger partial charge is 0.114 e. The van der Waals surface area contributed by atoms with Gasteiger partial charge in [-0.2, -0.15) is 0 Å². The molecule has 3 heteroatoms. The van der Waals surface area contributed by atoms with E-state index in [1.54, 1.807) is 0 Å². The molecule has 1 nitrogen and oxygen atoms in total. The molecule has 0 radical (unpaired) electrons. The highest BCUT2D eigenvalue weighted by molar-refractivity contribution is 7.79. The fourth-order valence-electron chi connectivity index (χ4n) is 6.96. The van der Waals surface area contributed by atoms with E-state index in [9.17, 15) is 0 Å². The van der Waals surface area contributed by atoms with E-state index < -0.39 is 7.41 Å². The predicted molar refractivity (Wildman–Crippen MR) is 122 cm³/mol. The molecule has 4 rings (SSSR count). The molecule has 0 amide bonds. The number of anilines is 1. The molecule has 0 atom stereocenters. The number of halogens is 1. The van der Waals surface area contributed by atoms with E-state index in [0.717, 1.165) is 17.0 Å². The fourth-order valence-corrected chi connectivity index (χ4v) is 14.3. The van der Waals surface area contributed by atoms with Crippen LogP contribution in [0.25, 0.3) is 0 Å². The summed E-state index contributed by atoms with van der Waals surface area (Å²) in [7, 11) is 1.33. The minimum absolute atomic E-state index is 0. The van der Waals surface area contributed by atoms with Gasteiger partial charge in [0.05, 0.1) is 22.7 Å². The summed E-state index contributed by atoms with van der Waals surface area (Å²) in [5.74, 6) is 0. The highest BCUT2D eigenvalue weighted by atomic mass is 127. The van der Waals surface area contributed by atoms with Crippen LogP contribution in [0.1, 0.15) is 96.3 Å². The highest BCUT2D eigenvalue weighted by Gasteiger charge is 2.60. The van der Waals surface area contributed by atoms with Gasteiger partial charge in [0.15, 0.2) is 0 Å². The average molecular weight is 513 g/mol. The van der Waals surface area contributed by atoms with Crippen LogP contribution in [0.3, 0.4) is 0 Å². The second kappa shape index (κ2) is 11.0. The van der Waals surface area contributed by atoms with Crippen LogP contribution in [-0.4, -0.2) is 24.0 Å². The van der Waals surface area contributed by atoms with Crippen LogP contribution in [-0.2, 0) is 0 Å². The maximum absolute atomic E-state index is 2.95. The second-order valence-electron chi connectivity index (χ2n) is 9.53. The first-order valence-electron chi connectivity index (χ1n) is 12.0. The number of benzene rings is 1. The maximum Gasteiger partial charge on any atom is 0.114 e. The Labute approximate surface area is 191 Å². The molecule has 3 aliphatic rings. The Balaban J connectivity index is 0.00000225. The van der Waals surface area contributed by atoms with Crippen molar-refractivity contribution in [3.63, 3.8) is 0 Å². The third-order valence-electron chi connectivity index (χ3n) is 8.13. The highest BCUT2D eigenvalue weighted by Crippen LogP contribution is 2.79. The Morgan fingerprint density at radius 2 is 0.964 bits per heavy atom. The molecule has 0 aliphatic heterocycles. The average Bonchev–Trinajstić information content (AvgIpc) is 2.77. The van der Waals surface area contributed by atoms with Gasteiger partial charge in [0.1, 0.15) is 7.41 Å². The van der Waals surface area contributed by atoms with Gasteiger partial charge in [-0.05, 0) is 89.2 Å². The molecule has 28 heavy (non-hydrogen) atoms. The topological polar surface area (TPSA) is 3.24 Å². The molecular formula is C25H41INP. The van der Waals surface area contributed by atoms with E-state index in [1.807, 2.05) is 0 Å². The summed E-state index contributed by atoms with van der Waals surface area (Å²) < 4.78 is 2.95. The molecule has 1 aromatic carbocycles. The minimum Gasteiger partial charge on any atom is -1.00 e. The van der Waals surface area contributed by atoms with Crippen LogP contribution in [0.4, 0.5) is 5.69 Å². The molecule has 3 aliphatic carbocycles. The Hall–Kier alpha value is 0.180. The Morgan fingerprint density at radius 1 is 0.607 bits per heavy atom. The molecule has 1 aromatic rings. The van der Waals surface area contributed by atoms with Crippen molar-refractivity contribution in [3.05, 3.63) is 30.3 Å². The van der Waals surface area contributed by atoms with Crippen molar-refractivity contribution in [1.29, 1.82) is 0 Å². The zero-order valence-corrected chi connectivity index (χ0v) is 21.0. The van der Waals surface area contributed by atoms with Gasteiger partial charge in [0.25, 0.3) is 0 Å². The maximum atomic E-state index is 2.95. The lowest BCUT2D eigenvalue weighted by Gasteiger charge is -2.52. The molecule has 0 heterocycles. The molecule has 0 aromatic heterocycles. The molecular weight excluding hydrogens is 472 g/mol. The lowest BCUT2D eigenvalue weighted by Crippen LogP contribution is -3.00. The Morgan fingerprint density at radius 3 is 1.32 bits per heavy atom. The van der Waals surface area contributed by atoms with Crippen molar-refractivity contribution in [1.82, 2.24) is 0 Å². The number of nitrogens with zero attached hydrogens (tertiary/aromatic N) is 1. The normalized spacial score (nSPS) is 23.2. The molecule has 158 valence electrons. The van der Waals surface area contributed by atoms with Gasteiger partial charge in [-0.3, -0.25) is 4.67 Å². The van der Waals surface area contributed by atoms with Crippen LogP contribution in [0.2, 0.25) is 0 Å². The summed E-state index contributed by atoms with van der Waals surface area (Å²) in [5, 5.41) is 0. The molecule has 0 N–H and O–H groups in total. The van der Waals surface area contributed by atoms with Crippen LogP contribution < -0.4 is 28.6 Å². The van der Waals surface area contributed by atoms with Crippen molar-refractivity contribution in [2.75, 3.05) is 11.7 Å². The SMILES string of the molecule is CN(c1ccccc1)[P+](C1CCCCC1)(C1CCCCC1)C1CCCCC1.[I-]. The van der Waals surface area contributed by atoms with Gasteiger partial charge in [0.2, 0.25) is 0 Å². The first-order valence-corrected chi connectivity index (χ1v) is 14.0. The predicted octanol–water partition coefficient (Wildman–Crippen LogP) is 5.06. The quantitative estimate of drug-likeness (QED) is 0.393. The molecule has 0 unspecified atom stereocenters. The van der Waals surface area contributed by atoms with E-state index in [1.165, 1.54) is 102 Å². The standard InChI is InChI=1S/C25H41NP.HI/c1-26(22-14-6-2-7-15-22)27(23-16-8-3-9-17-23,24-18-10-4-11-19-24)25-20-12-5-13-21-25;/h2,6-7,14-15,23-25H,3-5,8-13,16-21H2,1H3;1H/q+1;/p-1. The number of hydrogen-bond acceptors (Lipinski definition) is 1. The third-order valence-corrected chi connectivity index (χ3v) is 14.5. The first-order chi connectivity index (χ1) is 13.3. The lowest BCUT2D eigenvalue weighted by atomic mass is 9.99. The number of rotatable bonds is 5. The van der Waals surface area contributed by atoms with E-state index >= 15 is 0 Å². The van der Waals surface area contributed by atoms with Crippen LogP contribution in [0.15, 0.2) is 30.3 Å². The van der Waals surface area contributed by atoms with Crippen molar-refractivity contribution in [3.8, 4) is 0 Å². The van der Waals surface area contributed by atoms with E-state index in [-0.39, 0.29) is 24.0 Å². The first kappa shape index (κ1) is 22.9. The Bertz CT molecular complexity index is 514. The zero-order chi connectivity index (χ0) is 18.5. The summed E-state index contributed by atoms with van der Waals surface area (Å²) in [6, 6.07) is 11.5. The van der Waals surface area contributed by atoms with Gasteiger partial charge in [0, 0.05) is 7.05 Å². The van der Waals surface area contributed by atoms with Gasteiger partial charge in [-0.15, -0.1) is 0 Å². The van der Waals surface area contributed by atoms with E-state index in [0.29, 0.717) is 0 Å². The zero-order valence-electron chi connectivity index (χ0n) is 18.0. The van der Waals surface area contributed by atoms with Crippen LogP contribution in [0.5, 0.6) is 0 Å². The number of para-hydroxylation sites is 1. The van der Waals surface area contributed by atoms with Gasteiger partial charge in [-0.1, -0.05) is 37.5 Å². The van der Waals surface area contributed by atoms with E-state index in [2.05, 4.69) is 42.0 Å². The van der Waals surface area contributed by atoms with Crippen molar-refractivity contribution >= 4 is 13.1 Å².